The van der Waals surface area contributed by atoms with Crippen molar-refractivity contribution in [2.45, 2.75) is 69.1 Å². The van der Waals surface area contributed by atoms with Gasteiger partial charge in [-0.1, -0.05) is 19.1 Å². The monoisotopic (exact) mass is 806 g/mol. The van der Waals surface area contributed by atoms with Crippen LogP contribution in [0, 0.1) is 5.92 Å². The van der Waals surface area contributed by atoms with E-state index in [0.29, 0.717) is 58.2 Å². The van der Waals surface area contributed by atoms with Crippen LogP contribution in [0.4, 0.5) is 17.1 Å². The van der Waals surface area contributed by atoms with E-state index in [9.17, 15) is 24.3 Å². The van der Waals surface area contributed by atoms with E-state index in [1.807, 2.05) is 19.1 Å². The number of nitrogens with zero attached hydrogens (tertiary/aromatic N) is 2. The minimum atomic E-state index is -3.11. The van der Waals surface area contributed by atoms with Gasteiger partial charge in [-0.05, 0) is 110 Å². The molecule has 2 saturated heterocycles. The molecule has 3 heterocycles. The highest BCUT2D eigenvalue weighted by molar-refractivity contribution is 6.71. The van der Waals surface area contributed by atoms with Gasteiger partial charge in [0.15, 0.2) is 13.9 Å². The van der Waals surface area contributed by atoms with Crippen LogP contribution in [-0.2, 0) is 26.5 Å². The van der Waals surface area contributed by atoms with E-state index in [0.717, 1.165) is 12.0 Å². The number of ether oxygens (including phenoxy) is 3. The van der Waals surface area contributed by atoms with Crippen molar-refractivity contribution >= 4 is 49.0 Å². The van der Waals surface area contributed by atoms with E-state index >= 15 is 4.79 Å². The number of hydrogen-bond acceptors (Lipinski definition) is 9. The number of amides is 4. The van der Waals surface area contributed by atoms with Crippen LogP contribution in [0.2, 0.25) is 18.6 Å². The van der Waals surface area contributed by atoms with E-state index in [2.05, 4.69) is 10.6 Å². The molecule has 7 rings (SSSR count). The van der Waals surface area contributed by atoms with Crippen molar-refractivity contribution < 1.29 is 43.3 Å². The molecular weight excluding hydrogens is 757 g/mol. The van der Waals surface area contributed by atoms with Crippen molar-refractivity contribution in [2.75, 3.05) is 42.9 Å². The molecule has 0 radical (unpaired) electrons. The van der Waals surface area contributed by atoms with Crippen molar-refractivity contribution in [3.05, 3.63) is 113 Å². The zero-order valence-corrected chi connectivity index (χ0v) is 34.4. The summed E-state index contributed by atoms with van der Waals surface area (Å²) in [5.41, 5.74) is 1.54. The Morgan fingerprint density at radius 3 is 2.05 bits per heavy atom. The van der Waals surface area contributed by atoms with Gasteiger partial charge < -0.3 is 44.5 Å². The van der Waals surface area contributed by atoms with Gasteiger partial charge in [0.1, 0.15) is 11.5 Å². The molecule has 0 aromatic heterocycles. The minimum absolute atomic E-state index is 0.0588. The molecule has 58 heavy (non-hydrogen) atoms. The number of benzene rings is 4. The largest absolute Gasteiger partial charge is 0.497 e. The van der Waals surface area contributed by atoms with Gasteiger partial charge in [-0.3, -0.25) is 19.2 Å². The summed E-state index contributed by atoms with van der Waals surface area (Å²) in [5.74, 6) is -0.527. The molecule has 4 N–H and O–H groups in total. The van der Waals surface area contributed by atoms with Gasteiger partial charge in [0.2, 0.25) is 5.91 Å². The molecule has 0 unspecified atom stereocenters. The fraction of sp³-hybridized carbons (Fsp3) is 0.364. The van der Waals surface area contributed by atoms with Crippen molar-refractivity contribution in [1.29, 1.82) is 0 Å². The first-order valence-electron chi connectivity index (χ1n) is 19.5. The third-order valence-corrected chi connectivity index (χ3v) is 14.3. The molecule has 0 bridgehead atoms. The number of nitrogens with one attached hydrogen (secondary N) is 2. The Morgan fingerprint density at radius 1 is 0.879 bits per heavy atom. The smallest absolute Gasteiger partial charge is 0.264 e. The molecule has 0 aliphatic carbocycles. The number of carbonyl (C=O) groups is 4. The van der Waals surface area contributed by atoms with Crippen LogP contribution in [0.1, 0.15) is 58.0 Å². The molecule has 14 heteroatoms. The summed E-state index contributed by atoms with van der Waals surface area (Å²) in [4.78, 5) is 70.8. The number of hydrogen-bond donors (Lipinski definition) is 4. The second-order valence-electron chi connectivity index (χ2n) is 15.8. The summed E-state index contributed by atoms with van der Waals surface area (Å²) in [5, 5.41) is 15.9. The van der Waals surface area contributed by atoms with Gasteiger partial charge in [-0.2, -0.15) is 0 Å². The molecule has 304 valence electrons. The molecule has 2 fully saturated rings. The molecule has 5 atom stereocenters. The summed E-state index contributed by atoms with van der Waals surface area (Å²) < 4.78 is 17.4. The lowest BCUT2D eigenvalue weighted by Crippen LogP contribution is -2.46. The SMILES string of the molecule is COc1ccc(C(=O)Nc2cccc(CN3C(=O)[C@@]4(O[C@@H](CC(=O)N5CCC[C@H]5CO)[C@H]([Si](C)(C)O)[C@H]4C)c4cc(NC(=O)c5ccc(OC)cc5)ccc43)c2)cc1. The number of rotatable bonds is 12. The number of fused-ring (bicyclic) bond motifs is 2. The van der Waals surface area contributed by atoms with Crippen LogP contribution in [0.3, 0.4) is 0 Å². The van der Waals surface area contributed by atoms with Gasteiger partial charge in [0.05, 0.1) is 51.6 Å². The predicted molar refractivity (Wildman–Crippen MR) is 222 cm³/mol. The van der Waals surface area contributed by atoms with E-state index in [1.54, 1.807) is 116 Å². The summed E-state index contributed by atoms with van der Waals surface area (Å²) in [7, 11) is -0.00622. The Balaban J connectivity index is 1.23. The highest BCUT2D eigenvalue weighted by Crippen LogP contribution is 2.60. The first kappa shape index (κ1) is 40.6. The van der Waals surface area contributed by atoms with Gasteiger partial charge in [0.25, 0.3) is 17.7 Å². The van der Waals surface area contributed by atoms with Crippen LogP contribution < -0.4 is 25.0 Å². The molecule has 4 amide bonds. The van der Waals surface area contributed by atoms with E-state index in [4.69, 9.17) is 14.2 Å². The molecule has 0 saturated carbocycles. The van der Waals surface area contributed by atoms with Crippen LogP contribution in [-0.4, -0.2) is 86.3 Å². The second-order valence-corrected chi connectivity index (χ2v) is 19.8. The number of methoxy groups -OCH3 is 2. The maximum Gasteiger partial charge on any atom is 0.264 e. The van der Waals surface area contributed by atoms with Crippen molar-refractivity contribution in [3.63, 3.8) is 0 Å². The lowest BCUT2D eigenvalue weighted by Gasteiger charge is -2.33. The van der Waals surface area contributed by atoms with E-state index < -0.39 is 31.5 Å². The summed E-state index contributed by atoms with van der Waals surface area (Å²) in [6.45, 7) is 6.00. The normalized spacial score (nSPS) is 22.6. The van der Waals surface area contributed by atoms with Crippen molar-refractivity contribution in [1.82, 2.24) is 4.90 Å². The van der Waals surface area contributed by atoms with Crippen molar-refractivity contribution in [3.8, 4) is 11.5 Å². The first-order valence-corrected chi connectivity index (χ1v) is 22.6. The number of anilines is 3. The highest BCUT2D eigenvalue weighted by Gasteiger charge is 2.66. The molecule has 3 aliphatic heterocycles. The topological polar surface area (TPSA) is 167 Å². The average molecular weight is 807 g/mol. The third-order valence-electron chi connectivity index (χ3n) is 11.8. The van der Waals surface area contributed by atoms with Crippen LogP contribution in [0.15, 0.2) is 91.0 Å². The minimum Gasteiger partial charge on any atom is -0.497 e. The van der Waals surface area contributed by atoms with E-state index in [-0.39, 0.29) is 49.2 Å². The zero-order valence-electron chi connectivity index (χ0n) is 33.4. The fourth-order valence-corrected chi connectivity index (χ4v) is 11.5. The first-order chi connectivity index (χ1) is 27.8. The maximum atomic E-state index is 15.2. The predicted octanol–water partition coefficient (Wildman–Crippen LogP) is 5.93. The molecule has 4 aromatic carbocycles. The Morgan fingerprint density at radius 2 is 1.48 bits per heavy atom. The lowest BCUT2D eigenvalue weighted by atomic mass is 9.82. The number of likely N-dealkylation sites (tertiary alicyclic amines) is 1. The molecule has 13 nitrogen and oxygen atoms in total. The Kier molecular flexibility index (Phi) is 11.5. The summed E-state index contributed by atoms with van der Waals surface area (Å²) >= 11 is 0. The Hall–Kier alpha value is -5.54. The lowest BCUT2D eigenvalue weighted by molar-refractivity contribution is -0.150. The van der Waals surface area contributed by atoms with E-state index in [1.165, 1.54) is 0 Å². The summed E-state index contributed by atoms with van der Waals surface area (Å²) in [6, 6.07) is 25.7. The Labute approximate surface area is 339 Å². The maximum absolute atomic E-state index is 15.2. The number of carbonyl (C=O) groups excluding carboxylic acids is 4. The quantitative estimate of drug-likeness (QED) is 0.127. The Bertz CT molecular complexity index is 2190. The van der Waals surface area contributed by atoms with Crippen LogP contribution >= 0.6 is 0 Å². The van der Waals surface area contributed by atoms with Gasteiger partial charge in [-0.15, -0.1) is 0 Å². The van der Waals surface area contributed by atoms with Crippen molar-refractivity contribution in [2.24, 2.45) is 5.92 Å². The summed E-state index contributed by atoms with van der Waals surface area (Å²) in [6.07, 6.45) is 0.636. The number of aliphatic hydroxyl groups excluding tert-OH is 1. The second kappa shape index (κ2) is 16.4. The third kappa shape index (κ3) is 7.72. The molecule has 3 aliphatic rings. The van der Waals surface area contributed by atoms with Crippen LogP contribution in [0.25, 0.3) is 0 Å². The molecular formula is C44H50N4O9Si. The van der Waals surface area contributed by atoms with Gasteiger partial charge in [-0.25, -0.2) is 0 Å². The zero-order chi connectivity index (χ0) is 41.4. The highest BCUT2D eigenvalue weighted by atomic mass is 28.4. The van der Waals surface area contributed by atoms with Gasteiger partial charge in [0, 0.05) is 46.1 Å². The average Bonchev–Trinajstić information content (AvgIpc) is 3.88. The van der Waals surface area contributed by atoms with Crippen LogP contribution in [0.5, 0.6) is 11.5 Å². The van der Waals surface area contributed by atoms with Gasteiger partial charge >= 0.3 is 0 Å². The molecule has 4 aromatic rings. The standard InChI is InChI=1S/C44H50N4O9Si/c1-27-40(58(4,5)54)38(24-39(50)47-21-7-10-33(47)26-49)57-44(27)36-23-32(46-42(52)30-13-18-35(56-3)19-14-30)15-20-37(36)48(43(44)53)25-28-8-6-9-31(22-28)45-41(51)29-11-16-34(55-2)17-12-29/h6,8-9,11-20,22-23,27,33,38,40,49,54H,7,10,21,24-26H2,1-5H3,(H,45,51)(H,46,52)/t27-,33+,38+,40-,44+/m1/s1. The molecule has 1 spiro atoms. The fourth-order valence-electron chi connectivity index (χ4n) is 8.98. The number of aliphatic hydroxyl groups is 1.